The van der Waals surface area contributed by atoms with Gasteiger partial charge in [0.2, 0.25) is 0 Å². The molecule has 5 nitrogen and oxygen atoms in total. The predicted molar refractivity (Wildman–Crippen MR) is 76.0 cm³/mol. The summed E-state index contributed by atoms with van der Waals surface area (Å²) in [4.78, 5) is 11.4. The van der Waals surface area contributed by atoms with Crippen molar-refractivity contribution in [2.75, 3.05) is 20.3 Å². The molecule has 0 bridgehead atoms. The second kappa shape index (κ2) is 7.20. The van der Waals surface area contributed by atoms with Crippen molar-refractivity contribution in [1.29, 1.82) is 0 Å². The second-order valence-electron chi connectivity index (χ2n) is 3.49. The Labute approximate surface area is 120 Å². The summed E-state index contributed by atoms with van der Waals surface area (Å²) in [6.07, 6.45) is 0. The highest BCUT2D eigenvalue weighted by atomic mass is 79.9. The summed E-state index contributed by atoms with van der Waals surface area (Å²) >= 11 is 3.28. The van der Waals surface area contributed by atoms with E-state index in [1.54, 1.807) is 19.9 Å². The average molecular weight is 351 g/mol. The molecule has 0 radical (unpaired) electrons. The van der Waals surface area contributed by atoms with E-state index in [1.165, 1.54) is 19.2 Å². The van der Waals surface area contributed by atoms with Gasteiger partial charge in [0.15, 0.2) is 0 Å². The minimum Gasteiger partial charge on any atom is -0.465 e. The third-order valence-corrected chi connectivity index (χ3v) is 5.40. The van der Waals surface area contributed by atoms with Crippen LogP contribution in [0.25, 0.3) is 0 Å². The van der Waals surface area contributed by atoms with Crippen LogP contribution in [0.15, 0.2) is 22.7 Å². The largest absolute Gasteiger partial charge is 0.465 e. The summed E-state index contributed by atoms with van der Waals surface area (Å²) in [7, 11) is -2.07. The molecule has 0 amide bonds. The summed E-state index contributed by atoms with van der Waals surface area (Å²) in [6, 6.07) is 4.60. The van der Waals surface area contributed by atoms with E-state index < -0.39 is 13.6 Å². The molecule has 0 saturated carbocycles. The summed E-state index contributed by atoms with van der Waals surface area (Å²) in [5.74, 6) is -0.463. The molecule has 1 rings (SSSR count). The molecule has 0 atom stereocenters. The van der Waals surface area contributed by atoms with Crippen molar-refractivity contribution in [2.24, 2.45) is 0 Å². The number of hydrogen-bond donors (Lipinski definition) is 0. The number of carbonyl (C=O) groups is 1. The Morgan fingerprint density at radius 2 is 1.84 bits per heavy atom. The Kier molecular flexibility index (Phi) is 6.20. The SMILES string of the molecule is CCOP(=O)(OCC)c1ccc(C(=O)OC)cc1Br. The van der Waals surface area contributed by atoms with E-state index in [-0.39, 0.29) is 13.2 Å². The van der Waals surface area contributed by atoms with Gasteiger partial charge in [-0.3, -0.25) is 4.57 Å². The molecule has 0 N–H and O–H groups in total. The zero-order valence-corrected chi connectivity index (χ0v) is 13.5. The monoisotopic (exact) mass is 350 g/mol. The van der Waals surface area contributed by atoms with Crippen molar-refractivity contribution in [1.82, 2.24) is 0 Å². The number of hydrogen-bond acceptors (Lipinski definition) is 5. The van der Waals surface area contributed by atoms with Gasteiger partial charge in [-0.15, -0.1) is 0 Å². The number of esters is 1. The zero-order chi connectivity index (χ0) is 14.5. The standard InChI is InChI=1S/C12H16BrO5P/c1-4-17-19(15,18-5-2)11-7-6-9(8-10(11)13)12(14)16-3/h6-8H,4-5H2,1-3H3. The highest BCUT2D eigenvalue weighted by molar-refractivity contribution is 9.10. The fourth-order valence-electron chi connectivity index (χ4n) is 1.49. The molecule has 1 aromatic rings. The van der Waals surface area contributed by atoms with E-state index in [4.69, 9.17) is 9.05 Å². The fraction of sp³-hybridized carbons (Fsp3) is 0.417. The molecule has 0 saturated heterocycles. The molecular weight excluding hydrogens is 335 g/mol. The average Bonchev–Trinajstić information content (AvgIpc) is 2.38. The minimum absolute atomic E-state index is 0.266. The molecule has 0 aliphatic heterocycles. The lowest BCUT2D eigenvalue weighted by Gasteiger charge is -2.18. The van der Waals surface area contributed by atoms with E-state index in [9.17, 15) is 9.36 Å². The molecule has 0 aromatic heterocycles. The maximum absolute atomic E-state index is 12.6. The molecule has 0 unspecified atom stereocenters. The van der Waals surface area contributed by atoms with E-state index in [1.807, 2.05) is 0 Å². The van der Waals surface area contributed by atoms with Gasteiger partial charge in [-0.1, -0.05) is 0 Å². The van der Waals surface area contributed by atoms with Crippen LogP contribution in [-0.2, 0) is 18.3 Å². The second-order valence-corrected chi connectivity index (χ2v) is 6.34. The maximum atomic E-state index is 12.6. The number of rotatable bonds is 6. The molecule has 0 heterocycles. The maximum Gasteiger partial charge on any atom is 0.362 e. The minimum atomic E-state index is -3.37. The van der Waals surface area contributed by atoms with Crippen LogP contribution in [0, 0.1) is 0 Å². The topological polar surface area (TPSA) is 61.8 Å². The smallest absolute Gasteiger partial charge is 0.362 e. The lowest BCUT2D eigenvalue weighted by atomic mass is 10.2. The van der Waals surface area contributed by atoms with Crippen LogP contribution in [0.4, 0.5) is 0 Å². The first-order valence-corrected chi connectivity index (χ1v) is 8.09. The Morgan fingerprint density at radius 1 is 1.26 bits per heavy atom. The summed E-state index contributed by atoms with van der Waals surface area (Å²) < 4.78 is 28.2. The first-order chi connectivity index (χ1) is 8.98. The molecule has 19 heavy (non-hydrogen) atoms. The Bertz CT molecular complexity index is 493. The highest BCUT2D eigenvalue weighted by Crippen LogP contribution is 2.48. The van der Waals surface area contributed by atoms with E-state index in [0.717, 1.165) is 0 Å². The van der Waals surface area contributed by atoms with E-state index in [0.29, 0.717) is 15.3 Å². The van der Waals surface area contributed by atoms with Crippen molar-refractivity contribution >= 4 is 34.8 Å². The summed E-state index contributed by atoms with van der Waals surface area (Å²) in [5, 5.41) is 0.392. The molecule has 0 spiro atoms. The van der Waals surface area contributed by atoms with Crippen LogP contribution in [0.5, 0.6) is 0 Å². The van der Waals surface area contributed by atoms with Crippen LogP contribution >= 0.6 is 23.5 Å². The van der Waals surface area contributed by atoms with Gasteiger partial charge < -0.3 is 13.8 Å². The van der Waals surface area contributed by atoms with Crippen LogP contribution in [0.2, 0.25) is 0 Å². The van der Waals surface area contributed by atoms with Crippen LogP contribution in [0.1, 0.15) is 24.2 Å². The van der Waals surface area contributed by atoms with Crippen molar-refractivity contribution in [3.8, 4) is 0 Å². The van der Waals surface area contributed by atoms with Gasteiger partial charge in [-0.25, -0.2) is 4.79 Å². The Balaban J connectivity index is 3.19. The van der Waals surface area contributed by atoms with Crippen LogP contribution < -0.4 is 5.30 Å². The number of ether oxygens (including phenoxy) is 1. The van der Waals surface area contributed by atoms with Gasteiger partial charge in [0.1, 0.15) is 0 Å². The lowest BCUT2D eigenvalue weighted by molar-refractivity contribution is 0.0600. The van der Waals surface area contributed by atoms with Gasteiger partial charge in [0.25, 0.3) is 0 Å². The normalized spacial score (nSPS) is 11.4. The first kappa shape index (κ1) is 16.4. The summed E-state index contributed by atoms with van der Waals surface area (Å²) in [6.45, 7) is 4.01. The number of benzene rings is 1. The van der Waals surface area contributed by atoms with E-state index >= 15 is 0 Å². The summed E-state index contributed by atoms with van der Waals surface area (Å²) in [5.41, 5.74) is 0.359. The third kappa shape index (κ3) is 3.89. The molecule has 1 aromatic carbocycles. The number of halogens is 1. The predicted octanol–water partition coefficient (Wildman–Crippen LogP) is 3.13. The van der Waals surface area contributed by atoms with Gasteiger partial charge >= 0.3 is 13.6 Å². The Morgan fingerprint density at radius 3 is 2.26 bits per heavy atom. The third-order valence-electron chi connectivity index (χ3n) is 2.26. The number of carbonyl (C=O) groups excluding carboxylic acids is 1. The van der Waals surface area contributed by atoms with E-state index in [2.05, 4.69) is 20.7 Å². The van der Waals surface area contributed by atoms with Crippen molar-refractivity contribution in [2.45, 2.75) is 13.8 Å². The van der Waals surface area contributed by atoms with Crippen LogP contribution in [-0.4, -0.2) is 26.3 Å². The van der Waals surface area contributed by atoms with Gasteiger partial charge in [0.05, 0.1) is 31.2 Å². The van der Waals surface area contributed by atoms with Crippen molar-refractivity contribution in [3.05, 3.63) is 28.2 Å². The highest BCUT2D eigenvalue weighted by Gasteiger charge is 2.29. The Hall–Kier alpha value is -0.680. The molecular formula is C12H16BrO5P. The molecule has 0 aliphatic rings. The lowest BCUT2D eigenvalue weighted by Crippen LogP contribution is -2.14. The molecule has 106 valence electrons. The van der Waals surface area contributed by atoms with Gasteiger partial charge in [-0.05, 0) is 48.0 Å². The molecule has 0 fully saturated rings. The molecule has 0 aliphatic carbocycles. The molecule has 7 heteroatoms. The van der Waals surface area contributed by atoms with Gasteiger partial charge in [0, 0.05) is 4.47 Å². The quantitative estimate of drug-likeness (QED) is 0.582. The number of methoxy groups -OCH3 is 1. The van der Waals surface area contributed by atoms with Crippen molar-refractivity contribution in [3.63, 3.8) is 0 Å². The fourth-order valence-corrected chi connectivity index (χ4v) is 4.14. The van der Waals surface area contributed by atoms with Gasteiger partial charge in [-0.2, -0.15) is 0 Å². The van der Waals surface area contributed by atoms with Crippen molar-refractivity contribution < 1.29 is 23.1 Å². The van der Waals surface area contributed by atoms with Crippen LogP contribution in [0.3, 0.4) is 0 Å². The zero-order valence-electron chi connectivity index (χ0n) is 11.0. The first-order valence-electron chi connectivity index (χ1n) is 5.76.